The zero-order chi connectivity index (χ0) is 23.4. The maximum Gasteiger partial charge on any atom is 0.264 e. The van der Waals surface area contributed by atoms with Crippen LogP contribution in [0.25, 0.3) is 16.9 Å². The van der Waals surface area contributed by atoms with Crippen molar-refractivity contribution in [2.75, 3.05) is 18.4 Å². The minimum absolute atomic E-state index is 0.0652. The molecule has 33 heavy (non-hydrogen) atoms. The Kier molecular flexibility index (Phi) is 6.91. The Labute approximate surface area is 201 Å². The summed E-state index contributed by atoms with van der Waals surface area (Å²) in [6.45, 7) is 4.23. The van der Waals surface area contributed by atoms with E-state index in [9.17, 15) is 9.59 Å². The molecule has 0 aliphatic carbocycles. The highest BCUT2D eigenvalue weighted by Crippen LogP contribution is 2.26. The van der Waals surface area contributed by atoms with Crippen LogP contribution in [0.4, 0.5) is 5.95 Å². The number of aromatic nitrogens is 2. The molecule has 168 valence electrons. The Morgan fingerprint density at radius 3 is 2.45 bits per heavy atom. The first-order chi connectivity index (χ1) is 15.9. The van der Waals surface area contributed by atoms with E-state index in [1.165, 1.54) is 16.2 Å². The first-order valence-corrected chi connectivity index (χ1v) is 11.8. The third-order valence-electron chi connectivity index (χ3n) is 5.14. The van der Waals surface area contributed by atoms with Crippen molar-refractivity contribution in [2.24, 2.45) is 0 Å². The van der Waals surface area contributed by atoms with Crippen LogP contribution in [-0.2, 0) is 4.79 Å². The van der Waals surface area contributed by atoms with Crippen molar-refractivity contribution in [3.63, 3.8) is 0 Å². The van der Waals surface area contributed by atoms with E-state index in [1.54, 1.807) is 18.2 Å². The first kappa shape index (κ1) is 22.8. The molecule has 0 aliphatic heterocycles. The van der Waals surface area contributed by atoms with Crippen molar-refractivity contribution >= 4 is 40.7 Å². The number of benzene rings is 2. The van der Waals surface area contributed by atoms with E-state index in [2.05, 4.69) is 10.3 Å². The van der Waals surface area contributed by atoms with Gasteiger partial charge < -0.3 is 4.90 Å². The SMILES string of the molecule is CCN(CC(=O)Nc1nc(-c2ccc(Cl)cc2)cn1-c1ccc(C)cc1)C(=O)c1cccs1. The summed E-state index contributed by atoms with van der Waals surface area (Å²) in [5, 5.41) is 5.37. The van der Waals surface area contributed by atoms with E-state index < -0.39 is 0 Å². The molecular weight excluding hydrogens is 456 g/mol. The number of hydrogen-bond donors (Lipinski definition) is 1. The molecule has 0 spiro atoms. The van der Waals surface area contributed by atoms with Crippen LogP contribution in [0, 0.1) is 6.92 Å². The molecule has 0 bridgehead atoms. The summed E-state index contributed by atoms with van der Waals surface area (Å²) >= 11 is 7.39. The lowest BCUT2D eigenvalue weighted by Crippen LogP contribution is -2.37. The van der Waals surface area contributed by atoms with Crippen LogP contribution in [0.5, 0.6) is 0 Å². The molecule has 2 aromatic heterocycles. The first-order valence-electron chi connectivity index (χ1n) is 10.5. The second kappa shape index (κ2) is 10.0. The smallest absolute Gasteiger partial charge is 0.264 e. The quantitative estimate of drug-likeness (QED) is 0.372. The zero-order valence-electron chi connectivity index (χ0n) is 18.3. The van der Waals surface area contributed by atoms with Gasteiger partial charge in [0, 0.05) is 29.0 Å². The van der Waals surface area contributed by atoms with Gasteiger partial charge in [-0.3, -0.25) is 19.5 Å². The van der Waals surface area contributed by atoms with Crippen LogP contribution in [0.1, 0.15) is 22.2 Å². The fourth-order valence-electron chi connectivity index (χ4n) is 3.35. The van der Waals surface area contributed by atoms with Gasteiger partial charge in [-0.2, -0.15) is 0 Å². The van der Waals surface area contributed by atoms with E-state index in [-0.39, 0.29) is 18.4 Å². The molecule has 2 aromatic carbocycles. The Morgan fingerprint density at radius 1 is 1.09 bits per heavy atom. The number of anilines is 1. The number of thiophene rings is 1. The highest BCUT2D eigenvalue weighted by Gasteiger charge is 2.20. The molecular formula is C25H23ClN4O2S. The summed E-state index contributed by atoms with van der Waals surface area (Å²) in [7, 11) is 0. The summed E-state index contributed by atoms with van der Waals surface area (Å²) in [6.07, 6.45) is 1.87. The van der Waals surface area contributed by atoms with Crippen molar-refractivity contribution < 1.29 is 9.59 Å². The predicted molar refractivity (Wildman–Crippen MR) is 133 cm³/mol. The Balaban J connectivity index is 1.61. The predicted octanol–water partition coefficient (Wildman–Crippen LogP) is 5.66. The number of nitrogens with zero attached hydrogens (tertiary/aromatic N) is 3. The highest BCUT2D eigenvalue weighted by molar-refractivity contribution is 7.12. The molecule has 4 rings (SSSR count). The molecule has 0 atom stereocenters. The molecule has 0 fully saturated rings. The monoisotopic (exact) mass is 478 g/mol. The summed E-state index contributed by atoms with van der Waals surface area (Å²) in [6, 6.07) is 18.9. The van der Waals surface area contributed by atoms with Gasteiger partial charge in [-0.05, 0) is 49.6 Å². The van der Waals surface area contributed by atoms with Crippen LogP contribution in [-0.4, -0.2) is 39.4 Å². The summed E-state index contributed by atoms with van der Waals surface area (Å²) < 4.78 is 1.83. The van der Waals surface area contributed by atoms with E-state index >= 15 is 0 Å². The number of carbonyl (C=O) groups excluding carboxylic acids is 2. The molecule has 2 heterocycles. The van der Waals surface area contributed by atoms with Crippen LogP contribution in [0.3, 0.4) is 0 Å². The van der Waals surface area contributed by atoms with Crippen LogP contribution in [0.15, 0.2) is 72.2 Å². The van der Waals surface area contributed by atoms with E-state index in [0.29, 0.717) is 28.1 Å². The second-order valence-corrected chi connectivity index (χ2v) is 8.89. The van der Waals surface area contributed by atoms with Gasteiger partial charge in [0.05, 0.1) is 10.6 Å². The largest absolute Gasteiger partial charge is 0.329 e. The van der Waals surface area contributed by atoms with Crippen molar-refractivity contribution in [1.82, 2.24) is 14.5 Å². The van der Waals surface area contributed by atoms with Gasteiger partial charge in [-0.15, -0.1) is 11.3 Å². The van der Waals surface area contributed by atoms with Gasteiger partial charge in [-0.25, -0.2) is 4.98 Å². The average molecular weight is 479 g/mol. The van der Waals surface area contributed by atoms with Crippen molar-refractivity contribution in [3.8, 4) is 16.9 Å². The Hall–Kier alpha value is -3.42. The van der Waals surface area contributed by atoms with Gasteiger partial charge in [0.15, 0.2) is 0 Å². The number of halogens is 1. The lowest BCUT2D eigenvalue weighted by molar-refractivity contribution is -0.116. The molecule has 0 unspecified atom stereocenters. The number of imidazole rings is 1. The molecule has 0 radical (unpaired) electrons. The standard InChI is InChI=1S/C25H23ClN4O2S/c1-3-29(24(32)22-5-4-14-33-22)16-23(31)28-25-27-21(18-8-10-19(26)11-9-18)15-30(25)20-12-6-17(2)7-13-20/h4-15H,3,16H2,1-2H3,(H,27,28,31). The maximum absolute atomic E-state index is 12.9. The molecule has 0 saturated heterocycles. The second-order valence-electron chi connectivity index (χ2n) is 7.51. The lowest BCUT2D eigenvalue weighted by Gasteiger charge is -2.19. The van der Waals surface area contributed by atoms with Crippen LogP contribution >= 0.6 is 22.9 Å². The van der Waals surface area contributed by atoms with Crippen LogP contribution < -0.4 is 5.32 Å². The van der Waals surface area contributed by atoms with E-state index in [4.69, 9.17) is 11.6 Å². The fourth-order valence-corrected chi connectivity index (χ4v) is 4.17. The number of aryl methyl sites for hydroxylation is 1. The number of hydrogen-bond acceptors (Lipinski definition) is 4. The topological polar surface area (TPSA) is 67.2 Å². The lowest BCUT2D eigenvalue weighted by atomic mass is 10.2. The zero-order valence-corrected chi connectivity index (χ0v) is 19.9. The number of carbonyl (C=O) groups is 2. The molecule has 6 nitrogen and oxygen atoms in total. The number of nitrogens with one attached hydrogen (secondary N) is 1. The number of rotatable bonds is 7. The Morgan fingerprint density at radius 2 is 1.82 bits per heavy atom. The van der Waals surface area contributed by atoms with Gasteiger partial charge in [0.25, 0.3) is 5.91 Å². The summed E-state index contributed by atoms with van der Waals surface area (Å²) in [5.74, 6) is -0.0943. The van der Waals surface area contributed by atoms with Gasteiger partial charge >= 0.3 is 0 Å². The molecule has 0 saturated carbocycles. The van der Waals surface area contributed by atoms with Crippen LogP contribution in [0.2, 0.25) is 5.02 Å². The van der Waals surface area contributed by atoms with Crippen molar-refractivity contribution in [1.29, 1.82) is 0 Å². The van der Waals surface area contributed by atoms with Crippen molar-refractivity contribution in [2.45, 2.75) is 13.8 Å². The fraction of sp³-hybridized carbons (Fsp3) is 0.160. The maximum atomic E-state index is 12.9. The molecule has 2 amide bonds. The third kappa shape index (κ3) is 5.32. The minimum Gasteiger partial charge on any atom is -0.329 e. The third-order valence-corrected chi connectivity index (χ3v) is 6.25. The van der Waals surface area contributed by atoms with E-state index in [1.807, 2.05) is 72.5 Å². The van der Waals surface area contributed by atoms with Gasteiger partial charge in [0.1, 0.15) is 6.54 Å². The molecule has 0 aliphatic rings. The average Bonchev–Trinajstić information content (AvgIpc) is 3.49. The molecule has 1 N–H and O–H groups in total. The highest BCUT2D eigenvalue weighted by atomic mass is 35.5. The van der Waals surface area contributed by atoms with Crippen molar-refractivity contribution in [3.05, 3.63) is 87.7 Å². The van der Waals surface area contributed by atoms with Gasteiger partial charge in [-0.1, -0.05) is 47.5 Å². The minimum atomic E-state index is -0.316. The number of amides is 2. The summed E-state index contributed by atoms with van der Waals surface area (Å²) in [4.78, 5) is 32.4. The Bertz CT molecular complexity index is 1250. The normalized spacial score (nSPS) is 10.8. The molecule has 4 aromatic rings. The van der Waals surface area contributed by atoms with E-state index in [0.717, 1.165) is 16.8 Å². The number of likely N-dealkylation sites (N-methyl/N-ethyl adjacent to an activating group) is 1. The molecule has 8 heteroatoms. The van der Waals surface area contributed by atoms with Gasteiger partial charge in [0.2, 0.25) is 11.9 Å². The summed E-state index contributed by atoms with van der Waals surface area (Å²) in [5.41, 5.74) is 3.58.